The molecule has 1 saturated carbocycles. The molecule has 0 saturated heterocycles. The van der Waals surface area contributed by atoms with Crippen LogP contribution in [0.4, 0.5) is 0 Å². The van der Waals surface area contributed by atoms with Crippen LogP contribution in [0.3, 0.4) is 0 Å². The van der Waals surface area contributed by atoms with Crippen LogP contribution in [0.1, 0.15) is 62.6 Å². The number of alkyl halides is 1. The molecule has 108 valence electrons. The molecule has 0 aromatic carbocycles. The van der Waals surface area contributed by atoms with Crippen LogP contribution in [0.25, 0.3) is 0 Å². The Kier molecular flexibility index (Phi) is 6.11. The SMILES string of the molecule is CCOC1(c2nc(CCCCl)cs2)CCCCCC1. The predicted octanol–water partition coefficient (Wildman–Crippen LogP) is 4.90. The second-order valence-electron chi connectivity index (χ2n) is 5.28. The number of halogens is 1. The summed E-state index contributed by atoms with van der Waals surface area (Å²) in [6.07, 6.45) is 9.44. The lowest BCUT2D eigenvalue weighted by Crippen LogP contribution is -2.29. The first-order chi connectivity index (χ1) is 9.30. The van der Waals surface area contributed by atoms with Crippen molar-refractivity contribution in [1.82, 2.24) is 4.98 Å². The van der Waals surface area contributed by atoms with E-state index in [0.29, 0.717) is 5.88 Å². The van der Waals surface area contributed by atoms with Crippen LogP contribution >= 0.6 is 22.9 Å². The van der Waals surface area contributed by atoms with Crippen LogP contribution in [0.2, 0.25) is 0 Å². The van der Waals surface area contributed by atoms with Crippen LogP contribution in [0.15, 0.2) is 5.38 Å². The van der Waals surface area contributed by atoms with Gasteiger partial charge in [0.05, 0.1) is 5.69 Å². The van der Waals surface area contributed by atoms with E-state index in [-0.39, 0.29) is 5.60 Å². The fraction of sp³-hybridized carbons (Fsp3) is 0.800. The second-order valence-corrected chi connectivity index (χ2v) is 6.51. The van der Waals surface area contributed by atoms with Crippen LogP contribution < -0.4 is 0 Å². The van der Waals surface area contributed by atoms with E-state index < -0.39 is 0 Å². The molecule has 0 unspecified atom stereocenters. The van der Waals surface area contributed by atoms with E-state index >= 15 is 0 Å². The summed E-state index contributed by atoms with van der Waals surface area (Å²) in [6, 6.07) is 0. The highest BCUT2D eigenvalue weighted by atomic mass is 35.5. The van der Waals surface area contributed by atoms with Gasteiger partial charge in [0.15, 0.2) is 0 Å². The molecule has 1 aromatic heterocycles. The average Bonchev–Trinajstić information content (AvgIpc) is 2.77. The summed E-state index contributed by atoms with van der Waals surface area (Å²) < 4.78 is 6.18. The van der Waals surface area contributed by atoms with Crippen molar-refractivity contribution in [2.24, 2.45) is 0 Å². The number of aromatic nitrogens is 1. The molecule has 1 aromatic rings. The van der Waals surface area contributed by atoms with Crippen molar-refractivity contribution < 1.29 is 4.74 Å². The molecule has 0 bridgehead atoms. The van der Waals surface area contributed by atoms with Crippen LogP contribution in [-0.2, 0) is 16.8 Å². The summed E-state index contributed by atoms with van der Waals surface area (Å²) in [5.74, 6) is 0.712. The molecule has 1 fully saturated rings. The third-order valence-electron chi connectivity index (χ3n) is 3.84. The predicted molar refractivity (Wildman–Crippen MR) is 82.2 cm³/mol. The van der Waals surface area contributed by atoms with Crippen LogP contribution in [0, 0.1) is 0 Å². The van der Waals surface area contributed by atoms with Gasteiger partial charge in [0.2, 0.25) is 0 Å². The van der Waals surface area contributed by atoms with Gasteiger partial charge >= 0.3 is 0 Å². The van der Waals surface area contributed by atoms with Gasteiger partial charge in [-0.05, 0) is 32.6 Å². The van der Waals surface area contributed by atoms with Gasteiger partial charge in [-0.2, -0.15) is 0 Å². The third-order valence-corrected chi connectivity index (χ3v) is 5.18. The Hall–Kier alpha value is -0.120. The molecular formula is C15H24ClNOS. The Balaban J connectivity index is 2.14. The zero-order valence-electron chi connectivity index (χ0n) is 11.8. The maximum absolute atomic E-state index is 6.18. The maximum Gasteiger partial charge on any atom is 0.125 e. The minimum Gasteiger partial charge on any atom is -0.368 e. The number of ether oxygens (including phenoxy) is 1. The number of rotatable bonds is 6. The molecule has 0 radical (unpaired) electrons. The lowest BCUT2D eigenvalue weighted by molar-refractivity contribution is -0.0560. The minimum atomic E-state index is -0.102. The Morgan fingerprint density at radius 3 is 2.68 bits per heavy atom. The molecule has 1 aliphatic rings. The van der Waals surface area contributed by atoms with E-state index in [1.807, 2.05) is 0 Å². The monoisotopic (exact) mass is 301 g/mol. The van der Waals surface area contributed by atoms with Gasteiger partial charge < -0.3 is 4.74 Å². The Bertz CT molecular complexity index is 372. The highest BCUT2D eigenvalue weighted by Crippen LogP contribution is 2.40. The summed E-state index contributed by atoms with van der Waals surface area (Å²) in [5, 5.41) is 3.38. The van der Waals surface area contributed by atoms with E-state index in [9.17, 15) is 0 Å². The van der Waals surface area contributed by atoms with E-state index in [4.69, 9.17) is 21.3 Å². The van der Waals surface area contributed by atoms with Crippen molar-refractivity contribution in [2.45, 2.75) is 63.9 Å². The molecule has 1 heterocycles. The lowest BCUT2D eigenvalue weighted by Gasteiger charge is -2.30. The lowest BCUT2D eigenvalue weighted by atomic mass is 9.95. The number of hydrogen-bond donors (Lipinski definition) is 0. The van der Waals surface area contributed by atoms with Crippen LogP contribution in [-0.4, -0.2) is 17.5 Å². The molecule has 2 rings (SSSR count). The Morgan fingerprint density at radius 2 is 2.05 bits per heavy atom. The standard InChI is InChI=1S/C15H24ClNOS/c1-2-18-15(9-5-3-4-6-10-15)14-17-13(12-19-14)8-7-11-16/h12H,2-11H2,1H3. The van der Waals surface area contributed by atoms with E-state index in [1.54, 1.807) is 11.3 Å². The normalized spacial score (nSPS) is 19.3. The van der Waals surface area contributed by atoms with Gasteiger partial charge in [0, 0.05) is 17.9 Å². The summed E-state index contributed by atoms with van der Waals surface area (Å²) in [4.78, 5) is 4.84. The largest absolute Gasteiger partial charge is 0.368 e. The van der Waals surface area contributed by atoms with Gasteiger partial charge in [-0.1, -0.05) is 25.7 Å². The van der Waals surface area contributed by atoms with Crippen molar-refractivity contribution in [3.63, 3.8) is 0 Å². The molecule has 4 heteroatoms. The third kappa shape index (κ3) is 3.93. The maximum atomic E-state index is 6.18. The second kappa shape index (κ2) is 7.61. The van der Waals surface area contributed by atoms with Crippen molar-refractivity contribution in [3.8, 4) is 0 Å². The van der Waals surface area contributed by atoms with Crippen molar-refractivity contribution in [3.05, 3.63) is 16.1 Å². The topological polar surface area (TPSA) is 22.1 Å². The molecule has 2 nitrogen and oxygen atoms in total. The zero-order chi connectivity index (χ0) is 13.6. The van der Waals surface area contributed by atoms with Crippen molar-refractivity contribution >= 4 is 22.9 Å². The van der Waals surface area contributed by atoms with E-state index in [0.717, 1.165) is 32.3 Å². The first-order valence-electron chi connectivity index (χ1n) is 7.45. The molecule has 1 aliphatic carbocycles. The molecule has 0 spiro atoms. The van der Waals surface area contributed by atoms with Gasteiger partial charge in [0.25, 0.3) is 0 Å². The smallest absolute Gasteiger partial charge is 0.125 e. The molecule has 0 aliphatic heterocycles. The number of aryl methyl sites for hydroxylation is 1. The highest BCUT2D eigenvalue weighted by molar-refractivity contribution is 7.09. The first-order valence-corrected chi connectivity index (χ1v) is 8.87. The summed E-state index contributed by atoms with van der Waals surface area (Å²) in [5.41, 5.74) is 1.08. The van der Waals surface area contributed by atoms with Gasteiger partial charge in [0.1, 0.15) is 10.6 Å². The number of hydrogen-bond acceptors (Lipinski definition) is 3. The fourth-order valence-electron chi connectivity index (χ4n) is 2.87. The quantitative estimate of drug-likeness (QED) is 0.551. The van der Waals surface area contributed by atoms with Gasteiger partial charge in [-0.25, -0.2) is 4.98 Å². The number of nitrogens with zero attached hydrogens (tertiary/aromatic N) is 1. The summed E-state index contributed by atoms with van der Waals surface area (Å²) in [6.45, 7) is 2.87. The molecular weight excluding hydrogens is 278 g/mol. The molecule has 0 atom stereocenters. The molecule has 19 heavy (non-hydrogen) atoms. The fourth-order valence-corrected chi connectivity index (χ4v) is 4.07. The van der Waals surface area contributed by atoms with Crippen molar-refractivity contribution in [1.29, 1.82) is 0 Å². The van der Waals surface area contributed by atoms with Crippen LogP contribution in [0.5, 0.6) is 0 Å². The van der Waals surface area contributed by atoms with E-state index in [1.165, 1.54) is 36.4 Å². The molecule has 0 N–H and O–H groups in total. The summed E-state index contributed by atoms with van der Waals surface area (Å²) in [7, 11) is 0. The van der Waals surface area contributed by atoms with Gasteiger partial charge in [-0.15, -0.1) is 22.9 Å². The summed E-state index contributed by atoms with van der Waals surface area (Å²) >= 11 is 7.53. The van der Waals surface area contributed by atoms with Gasteiger partial charge in [-0.3, -0.25) is 0 Å². The Morgan fingerprint density at radius 1 is 1.32 bits per heavy atom. The Labute approximate surface area is 125 Å². The van der Waals surface area contributed by atoms with E-state index in [2.05, 4.69) is 12.3 Å². The first kappa shape index (κ1) is 15.3. The molecule has 0 amide bonds. The number of thiazole rings is 1. The highest BCUT2D eigenvalue weighted by Gasteiger charge is 2.36. The van der Waals surface area contributed by atoms with Crippen molar-refractivity contribution in [2.75, 3.05) is 12.5 Å². The minimum absolute atomic E-state index is 0.102. The zero-order valence-corrected chi connectivity index (χ0v) is 13.4. The average molecular weight is 302 g/mol.